The Kier molecular flexibility index (Phi) is 10.3. The van der Waals surface area contributed by atoms with Gasteiger partial charge in [0.2, 0.25) is 0 Å². The normalized spacial score (nSPS) is 17.5. The van der Waals surface area contributed by atoms with Gasteiger partial charge >= 0.3 is 0 Å². The van der Waals surface area contributed by atoms with Crippen molar-refractivity contribution in [2.45, 2.75) is 51.9 Å². The average molecular weight is 320 g/mol. The van der Waals surface area contributed by atoms with Gasteiger partial charge in [-0.1, -0.05) is 42.1 Å². The first kappa shape index (κ1) is 16.5. The van der Waals surface area contributed by atoms with Crippen LogP contribution in [-0.2, 0) is 4.74 Å². The number of alkyl halides is 1. The largest absolute Gasteiger partial charge is 0.381 e. The fourth-order valence-corrected chi connectivity index (χ4v) is 3.14. The average Bonchev–Trinajstić information content (AvgIpc) is 2.42. The SMILES string of the molecule is CCCCN(CCBr)CCCCC1CCOCC1. The van der Waals surface area contributed by atoms with Gasteiger partial charge in [-0.2, -0.15) is 0 Å². The maximum Gasteiger partial charge on any atom is 0.0468 e. The molecule has 0 amide bonds. The summed E-state index contributed by atoms with van der Waals surface area (Å²) in [7, 11) is 0. The van der Waals surface area contributed by atoms with Crippen LogP contribution in [0.2, 0.25) is 0 Å². The summed E-state index contributed by atoms with van der Waals surface area (Å²) in [6.07, 6.45) is 9.42. The van der Waals surface area contributed by atoms with Crippen molar-refractivity contribution in [3.8, 4) is 0 Å². The summed E-state index contributed by atoms with van der Waals surface area (Å²) >= 11 is 3.56. The molecule has 1 aliphatic rings. The molecule has 0 spiro atoms. The summed E-state index contributed by atoms with van der Waals surface area (Å²) in [6, 6.07) is 0. The van der Waals surface area contributed by atoms with E-state index < -0.39 is 0 Å². The summed E-state index contributed by atoms with van der Waals surface area (Å²) < 4.78 is 5.41. The van der Waals surface area contributed by atoms with Gasteiger partial charge in [0.25, 0.3) is 0 Å². The molecule has 0 aromatic heterocycles. The highest BCUT2D eigenvalue weighted by atomic mass is 79.9. The van der Waals surface area contributed by atoms with Crippen LogP contribution in [0, 0.1) is 5.92 Å². The highest BCUT2D eigenvalue weighted by molar-refractivity contribution is 9.09. The van der Waals surface area contributed by atoms with E-state index in [1.165, 1.54) is 64.6 Å². The Balaban J connectivity index is 2.02. The van der Waals surface area contributed by atoms with Gasteiger partial charge in [0.05, 0.1) is 0 Å². The van der Waals surface area contributed by atoms with Crippen LogP contribution in [0.1, 0.15) is 51.9 Å². The van der Waals surface area contributed by atoms with E-state index in [9.17, 15) is 0 Å². The first-order chi connectivity index (χ1) is 8.86. The maximum absolute atomic E-state index is 5.41. The quantitative estimate of drug-likeness (QED) is 0.444. The molecular formula is C15H30BrNO. The zero-order valence-corrected chi connectivity index (χ0v) is 13.6. The first-order valence-electron chi connectivity index (χ1n) is 7.73. The van der Waals surface area contributed by atoms with Crippen molar-refractivity contribution in [1.29, 1.82) is 0 Å². The third-order valence-electron chi connectivity index (χ3n) is 3.91. The molecule has 0 radical (unpaired) electrons. The van der Waals surface area contributed by atoms with Crippen molar-refractivity contribution in [3.63, 3.8) is 0 Å². The number of hydrogen-bond acceptors (Lipinski definition) is 2. The number of unbranched alkanes of at least 4 members (excludes halogenated alkanes) is 2. The van der Waals surface area contributed by atoms with Crippen molar-refractivity contribution in [2.24, 2.45) is 5.92 Å². The van der Waals surface area contributed by atoms with Crippen molar-refractivity contribution >= 4 is 15.9 Å². The molecule has 1 saturated heterocycles. The second-order valence-electron chi connectivity index (χ2n) is 5.44. The Morgan fingerprint density at radius 2 is 1.78 bits per heavy atom. The highest BCUT2D eigenvalue weighted by Crippen LogP contribution is 2.20. The van der Waals surface area contributed by atoms with Crippen molar-refractivity contribution in [3.05, 3.63) is 0 Å². The molecule has 18 heavy (non-hydrogen) atoms. The van der Waals surface area contributed by atoms with Gasteiger partial charge in [0.1, 0.15) is 0 Å². The molecule has 1 rings (SSSR count). The fourth-order valence-electron chi connectivity index (χ4n) is 2.64. The maximum atomic E-state index is 5.41. The molecule has 1 heterocycles. The van der Waals surface area contributed by atoms with Crippen molar-refractivity contribution in [1.82, 2.24) is 4.90 Å². The van der Waals surface area contributed by atoms with E-state index in [0.29, 0.717) is 0 Å². The molecule has 3 heteroatoms. The smallest absolute Gasteiger partial charge is 0.0468 e. The highest BCUT2D eigenvalue weighted by Gasteiger charge is 2.13. The van der Waals surface area contributed by atoms with Crippen molar-refractivity contribution < 1.29 is 4.74 Å². The molecule has 1 fully saturated rings. The Labute approximate surface area is 122 Å². The van der Waals surface area contributed by atoms with E-state index in [4.69, 9.17) is 4.74 Å². The van der Waals surface area contributed by atoms with Crippen LogP contribution in [0.4, 0.5) is 0 Å². The number of nitrogens with zero attached hydrogens (tertiary/aromatic N) is 1. The van der Waals surface area contributed by atoms with E-state index >= 15 is 0 Å². The van der Waals surface area contributed by atoms with E-state index in [0.717, 1.165) is 24.5 Å². The summed E-state index contributed by atoms with van der Waals surface area (Å²) in [4.78, 5) is 2.61. The summed E-state index contributed by atoms with van der Waals surface area (Å²) in [5, 5.41) is 1.11. The van der Waals surface area contributed by atoms with E-state index in [-0.39, 0.29) is 0 Å². The van der Waals surface area contributed by atoms with E-state index in [1.807, 2.05) is 0 Å². The number of halogens is 1. The lowest BCUT2D eigenvalue weighted by Gasteiger charge is -2.23. The minimum Gasteiger partial charge on any atom is -0.381 e. The zero-order chi connectivity index (χ0) is 13.1. The van der Waals surface area contributed by atoms with Gasteiger partial charge in [-0.15, -0.1) is 0 Å². The number of hydrogen-bond donors (Lipinski definition) is 0. The number of rotatable bonds is 10. The first-order valence-corrected chi connectivity index (χ1v) is 8.85. The Morgan fingerprint density at radius 1 is 1.06 bits per heavy atom. The van der Waals surface area contributed by atoms with Gasteiger partial charge in [-0.25, -0.2) is 0 Å². The van der Waals surface area contributed by atoms with Gasteiger partial charge in [-0.05, 0) is 44.7 Å². The lowest BCUT2D eigenvalue weighted by Crippen LogP contribution is -2.28. The molecule has 0 atom stereocenters. The molecular weight excluding hydrogens is 290 g/mol. The van der Waals surface area contributed by atoms with Crippen LogP contribution in [0.25, 0.3) is 0 Å². The van der Waals surface area contributed by atoms with Crippen LogP contribution in [0.3, 0.4) is 0 Å². The van der Waals surface area contributed by atoms with E-state index in [1.54, 1.807) is 0 Å². The third-order valence-corrected chi connectivity index (χ3v) is 4.26. The summed E-state index contributed by atoms with van der Waals surface area (Å²) in [5.41, 5.74) is 0. The predicted octanol–water partition coefficient (Wildman–Crippen LogP) is 4.08. The van der Waals surface area contributed by atoms with Crippen LogP contribution in [0.15, 0.2) is 0 Å². The van der Waals surface area contributed by atoms with Gasteiger partial charge in [0.15, 0.2) is 0 Å². The second-order valence-corrected chi connectivity index (χ2v) is 6.23. The molecule has 2 nitrogen and oxygen atoms in total. The van der Waals surface area contributed by atoms with Gasteiger partial charge < -0.3 is 9.64 Å². The van der Waals surface area contributed by atoms with E-state index in [2.05, 4.69) is 27.8 Å². The third kappa shape index (κ3) is 7.75. The molecule has 0 bridgehead atoms. The van der Waals surface area contributed by atoms with Crippen LogP contribution in [-0.4, -0.2) is 43.1 Å². The summed E-state index contributed by atoms with van der Waals surface area (Å²) in [5.74, 6) is 0.944. The van der Waals surface area contributed by atoms with Crippen LogP contribution in [0.5, 0.6) is 0 Å². The molecule has 0 aliphatic carbocycles. The molecule has 0 aromatic carbocycles. The fraction of sp³-hybridized carbons (Fsp3) is 1.00. The predicted molar refractivity (Wildman–Crippen MR) is 82.5 cm³/mol. The standard InChI is InChI=1S/C15H30BrNO/c1-2-3-10-17(12-9-16)11-5-4-6-15-7-13-18-14-8-15/h15H,2-14H2,1H3. The second kappa shape index (κ2) is 11.2. The minimum absolute atomic E-state index is 0.944. The van der Waals surface area contributed by atoms with Crippen LogP contribution < -0.4 is 0 Å². The molecule has 0 N–H and O–H groups in total. The molecule has 108 valence electrons. The topological polar surface area (TPSA) is 12.5 Å². The van der Waals surface area contributed by atoms with Crippen molar-refractivity contribution in [2.75, 3.05) is 38.2 Å². The monoisotopic (exact) mass is 319 g/mol. The van der Waals surface area contributed by atoms with Gasteiger partial charge in [0, 0.05) is 25.1 Å². The Morgan fingerprint density at radius 3 is 2.44 bits per heavy atom. The summed E-state index contributed by atoms with van der Waals surface area (Å²) in [6.45, 7) is 8.04. The van der Waals surface area contributed by atoms with Crippen LogP contribution >= 0.6 is 15.9 Å². The molecule has 0 aromatic rings. The lowest BCUT2D eigenvalue weighted by molar-refractivity contribution is 0.0629. The Hall–Kier alpha value is 0.400. The minimum atomic E-state index is 0.944. The molecule has 0 saturated carbocycles. The molecule has 1 aliphatic heterocycles. The van der Waals surface area contributed by atoms with Gasteiger partial charge in [-0.3, -0.25) is 0 Å². The number of ether oxygens (including phenoxy) is 1. The lowest BCUT2D eigenvalue weighted by atomic mass is 9.94. The zero-order valence-electron chi connectivity index (χ0n) is 12.0. The Bertz CT molecular complexity index is 183. The molecule has 0 unspecified atom stereocenters.